The van der Waals surface area contributed by atoms with Crippen LogP contribution < -0.4 is 5.32 Å². The standard InChI is InChI=1S/C24H28N2O2S/c1-24(2)11-10-20-18(13-24)21(23(27)28)22(29-20)17-12-15(14-25)8-9-19(17)26-16-6-4-3-5-7-16/h8-9,12,16,26H,3-7,10-11,13H2,1-2H3,(H,27,28). The first-order valence-electron chi connectivity index (χ1n) is 10.6. The van der Waals surface area contributed by atoms with Crippen molar-refractivity contribution in [3.8, 4) is 16.5 Å². The lowest BCUT2D eigenvalue weighted by atomic mass is 9.76. The number of nitriles is 1. The van der Waals surface area contributed by atoms with E-state index in [9.17, 15) is 15.2 Å². The van der Waals surface area contributed by atoms with Crippen LogP contribution in [0.3, 0.4) is 0 Å². The second-order valence-corrected chi connectivity index (χ2v) is 10.3. The predicted octanol–water partition coefficient (Wildman–Crippen LogP) is 6.24. The Labute approximate surface area is 176 Å². The third kappa shape index (κ3) is 4.04. The average Bonchev–Trinajstić information content (AvgIpc) is 3.06. The van der Waals surface area contributed by atoms with E-state index in [0.29, 0.717) is 17.2 Å². The number of aryl methyl sites for hydroxylation is 1. The Morgan fingerprint density at radius 3 is 2.72 bits per heavy atom. The average molecular weight is 409 g/mol. The molecule has 0 bridgehead atoms. The Bertz CT molecular complexity index is 977. The molecule has 152 valence electrons. The number of carboxylic acids is 1. The van der Waals surface area contributed by atoms with Crippen LogP contribution in [0.1, 0.15) is 78.7 Å². The number of nitrogens with one attached hydrogen (secondary N) is 1. The van der Waals surface area contributed by atoms with E-state index in [-0.39, 0.29) is 5.41 Å². The van der Waals surface area contributed by atoms with Gasteiger partial charge in [-0.25, -0.2) is 4.79 Å². The SMILES string of the molecule is CC1(C)CCc2sc(-c3cc(C#N)ccc3NC3CCCCC3)c(C(=O)O)c2C1. The molecule has 1 aromatic carbocycles. The molecule has 2 aromatic rings. The molecule has 1 saturated carbocycles. The molecule has 1 fully saturated rings. The Balaban J connectivity index is 1.82. The summed E-state index contributed by atoms with van der Waals surface area (Å²) in [7, 11) is 0. The monoisotopic (exact) mass is 408 g/mol. The van der Waals surface area contributed by atoms with Crippen LogP contribution in [-0.4, -0.2) is 17.1 Å². The summed E-state index contributed by atoms with van der Waals surface area (Å²) in [6.07, 6.45) is 8.82. The molecule has 29 heavy (non-hydrogen) atoms. The van der Waals surface area contributed by atoms with E-state index in [4.69, 9.17) is 0 Å². The molecule has 2 aliphatic carbocycles. The molecule has 0 spiro atoms. The van der Waals surface area contributed by atoms with Crippen LogP contribution in [0.25, 0.3) is 10.4 Å². The third-order valence-corrected chi connectivity index (χ3v) is 7.67. The van der Waals surface area contributed by atoms with Crippen LogP contribution >= 0.6 is 11.3 Å². The zero-order valence-electron chi connectivity index (χ0n) is 17.2. The van der Waals surface area contributed by atoms with Gasteiger partial charge in [0.1, 0.15) is 0 Å². The number of fused-ring (bicyclic) bond motifs is 1. The maximum Gasteiger partial charge on any atom is 0.337 e. The fraction of sp³-hybridized carbons (Fsp3) is 0.500. The molecule has 0 aliphatic heterocycles. The normalized spacial score (nSPS) is 18.7. The van der Waals surface area contributed by atoms with Gasteiger partial charge in [0.05, 0.1) is 22.1 Å². The molecular formula is C24H28N2O2S. The zero-order chi connectivity index (χ0) is 20.6. The van der Waals surface area contributed by atoms with E-state index in [1.165, 1.54) is 24.1 Å². The van der Waals surface area contributed by atoms with Gasteiger partial charge in [-0.2, -0.15) is 5.26 Å². The molecule has 4 rings (SSSR count). The van der Waals surface area contributed by atoms with Gasteiger partial charge in [0.25, 0.3) is 0 Å². The number of aromatic carboxylic acids is 1. The second-order valence-electron chi connectivity index (χ2n) is 9.21. The van der Waals surface area contributed by atoms with Gasteiger partial charge < -0.3 is 10.4 Å². The van der Waals surface area contributed by atoms with Crippen molar-refractivity contribution in [3.63, 3.8) is 0 Å². The van der Waals surface area contributed by atoms with E-state index < -0.39 is 5.97 Å². The van der Waals surface area contributed by atoms with Crippen LogP contribution in [0.4, 0.5) is 5.69 Å². The molecule has 0 atom stereocenters. The summed E-state index contributed by atoms with van der Waals surface area (Å²) in [6, 6.07) is 8.28. The van der Waals surface area contributed by atoms with E-state index >= 15 is 0 Å². The molecule has 2 N–H and O–H groups in total. The minimum atomic E-state index is -0.860. The Kier molecular flexibility index (Phi) is 5.40. The van der Waals surface area contributed by atoms with Gasteiger partial charge >= 0.3 is 5.97 Å². The Morgan fingerprint density at radius 2 is 2.03 bits per heavy atom. The van der Waals surface area contributed by atoms with Crippen LogP contribution in [0.5, 0.6) is 0 Å². The van der Waals surface area contributed by atoms with Crippen molar-refractivity contribution in [1.82, 2.24) is 0 Å². The first kappa shape index (κ1) is 20.0. The van der Waals surface area contributed by atoms with Crippen LogP contribution in [0, 0.1) is 16.7 Å². The molecule has 2 aliphatic rings. The summed E-state index contributed by atoms with van der Waals surface area (Å²) in [4.78, 5) is 14.3. The summed E-state index contributed by atoms with van der Waals surface area (Å²) in [5.41, 5.74) is 3.95. The summed E-state index contributed by atoms with van der Waals surface area (Å²) in [6.45, 7) is 4.43. The second kappa shape index (κ2) is 7.84. The first-order chi connectivity index (χ1) is 13.9. The number of carboxylic acid groups (broad SMARTS) is 1. The number of carbonyl (C=O) groups is 1. The fourth-order valence-electron chi connectivity index (χ4n) is 4.73. The van der Waals surface area contributed by atoms with Gasteiger partial charge in [0, 0.05) is 22.2 Å². The Hall–Kier alpha value is -2.32. The Morgan fingerprint density at radius 1 is 1.28 bits per heavy atom. The highest BCUT2D eigenvalue weighted by atomic mass is 32.1. The van der Waals surface area contributed by atoms with E-state index in [0.717, 1.165) is 53.8 Å². The quantitative estimate of drug-likeness (QED) is 0.627. The minimum absolute atomic E-state index is 0.118. The van der Waals surface area contributed by atoms with Gasteiger partial charge in [-0.15, -0.1) is 11.3 Å². The number of benzene rings is 1. The molecule has 1 aromatic heterocycles. The summed E-state index contributed by atoms with van der Waals surface area (Å²) in [5, 5.41) is 23.2. The number of rotatable bonds is 4. The van der Waals surface area contributed by atoms with Crippen molar-refractivity contribution >= 4 is 23.0 Å². The molecule has 0 saturated heterocycles. The topological polar surface area (TPSA) is 73.1 Å². The van der Waals surface area contributed by atoms with Crippen LogP contribution in [0.2, 0.25) is 0 Å². The number of thiophene rings is 1. The van der Waals surface area contributed by atoms with Gasteiger partial charge in [-0.1, -0.05) is 33.1 Å². The van der Waals surface area contributed by atoms with Crippen molar-refractivity contribution in [2.24, 2.45) is 5.41 Å². The zero-order valence-corrected chi connectivity index (χ0v) is 18.0. The van der Waals surface area contributed by atoms with E-state index in [1.807, 2.05) is 18.2 Å². The van der Waals surface area contributed by atoms with Gasteiger partial charge in [0.2, 0.25) is 0 Å². The first-order valence-corrected chi connectivity index (χ1v) is 11.4. The smallest absolute Gasteiger partial charge is 0.337 e. The number of hydrogen-bond acceptors (Lipinski definition) is 4. The maximum atomic E-state index is 12.3. The summed E-state index contributed by atoms with van der Waals surface area (Å²) < 4.78 is 0. The van der Waals surface area contributed by atoms with Gasteiger partial charge in [-0.05, 0) is 61.3 Å². The van der Waals surface area contributed by atoms with Crippen molar-refractivity contribution < 1.29 is 9.90 Å². The molecule has 4 nitrogen and oxygen atoms in total. The van der Waals surface area contributed by atoms with Crippen molar-refractivity contribution in [3.05, 3.63) is 39.8 Å². The minimum Gasteiger partial charge on any atom is -0.478 e. The van der Waals surface area contributed by atoms with Crippen LogP contribution in [0.15, 0.2) is 18.2 Å². The molecule has 0 amide bonds. The molecule has 1 heterocycles. The van der Waals surface area contributed by atoms with Crippen molar-refractivity contribution in [1.29, 1.82) is 5.26 Å². The highest BCUT2D eigenvalue weighted by Crippen LogP contribution is 2.47. The third-order valence-electron chi connectivity index (χ3n) is 6.35. The lowest BCUT2D eigenvalue weighted by Crippen LogP contribution is -2.23. The molecular weight excluding hydrogens is 380 g/mol. The molecule has 5 heteroatoms. The molecule has 0 unspecified atom stereocenters. The highest BCUT2D eigenvalue weighted by Gasteiger charge is 2.33. The highest BCUT2D eigenvalue weighted by molar-refractivity contribution is 7.16. The van der Waals surface area contributed by atoms with Crippen molar-refractivity contribution in [2.75, 3.05) is 5.32 Å². The summed E-state index contributed by atoms with van der Waals surface area (Å²) >= 11 is 1.61. The van der Waals surface area contributed by atoms with E-state index in [2.05, 4.69) is 25.2 Å². The number of hydrogen-bond donors (Lipinski definition) is 2. The molecule has 0 radical (unpaired) electrons. The largest absolute Gasteiger partial charge is 0.478 e. The van der Waals surface area contributed by atoms with Crippen molar-refractivity contribution in [2.45, 2.75) is 71.3 Å². The fourth-order valence-corrected chi connectivity index (χ4v) is 6.07. The van der Waals surface area contributed by atoms with Gasteiger partial charge in [0.15, 0.2) is 0 Å². The lowest BCUT2D eigenvalue weighted by molar-refractivity contribution is 0.0696. The lowest BCUT2D eigenvalue weighted by Gasteiger charge is -2.29. The number of nitrogens with zero attached hydrogens (tertiary/aromatic N) is 1. The summed E-state index contributed by atoms with van der Waals surface area (Å²) in [5.74, 6) is -0.860. The maximum absolute atomic E-state index is 12.3. The predicted molar refractivity (Wildman–Crippen MR) is 118 cm³/mol. The van der Waals surface area contributed by atoms with Crippen LogP contribution in [-0.2, 0) is 12.8 Å². The number of anilines is 1. The van der Waals surface area contributed by atoms with Gasteiger partial charge in [-0.3, -0.25) is 0 Å². The van der Waals surface area contributed by atoms with E-state index in [1.54, 1.807) is 11.3 Å².